The summed E-state index contributed by atoms with van der Waals surface area (Å²) in [6.07, 6.45) is 0.694. The maximum absolute atomic E-state index is 13.3. The molecule has 0 saturated carbocycles. The van der Waals surface area contributed by atoms with E-state index in [4.69, 9.17) is 4.74 Å². The highest BCUT2D eigenvalue weighted by Crippen LogP contribution is 2.30. The number of nitrogens with one attached hydrogen (secondary N) is 1. The number of hydrogen-bond donors (Lipinski definition) is 2. The number of aliphatic hydroxyl groups excluding tert-OH is 1. The first-order valence-corrected chi connectivity index (χ1v) is 11.3. The molecule has 3 rings (SSSR count). The lowest BCUT2D eigenvalue weighted by Crippen LogP contribution is -2.52. The minimum absolute atomic E-state index is 0.104. The van der Waals surface area contributed by atoms with Gasteiger partial charge in [0.2, 0.25) is 5.91 Å². The van der Waals surface area contributed by atoms with Gasteiger partial charge in [-0.25, -0.2) is 4.79 Å². The first kappa shape index (κ1) is 23.8. The van der Waals surface area contributed by atoms with Crippen LogP contribution in [-0.4, -0.2) is 46.7 Å². The van der Waals surface area contributed by atoms with Crippen molar-refractivity contribution in [2.24, 2.45) is 5.92 Å². The van der Waals surface area contributed by atoms with Gasteiger partial charge in [0.1, 0.15) is 11.6 Å². The van der Waals surface area contributed by atoms with E-state index in [2.05, 4.69) is 5.32 Å². The van der Waals surface area contributed by atoms with E-state index < -0.39 is 23.8 Å². The van der Waals surface area contributed by atoms with Crippen LogP contribution in [0.4, 0.5) is 4.79 Å². The number of ether oxygens (including phenoxy) is 1. The Bertz CT molecular complexity index is 872. The quantitative estimate of drug-likeness (QED) is 0.712. The van der Waals surface area contributed by atoms with Crippen LogP contribution >= 0.6 is 0 Å². The number of aliphatic hydroxyl groups is 1. The Morgan fingerprint density at radius 1 is 1.03 bits per heavy atom. The number of carbonyl (C=O) groups is 2. The fraction of sp³-hybridized carbons (Fsp3) is 0.462. The van der Waals surface area contributed by atoms with Crippen LogP contribution in [-0.2, 0) is 16.0 Å². The van der Waals surface area contributed by atoms with Gasteiger partial charge in [0.15, 0.2) is 0 Å². The van der Waals surface area contributed by atoms with E-state index >= 15 is 0 Å². The second kappa shape index (κ2) is 10.6. The molecule has 0 radical (unpaired) electrons. The molecule has 0 spiro atoms. The average Bonchev–Trinajstić information content (AvgIpc) is 2.78. The molecule has 6 nitrogen and oxygen atoms in total. The van der Waals surface area contributed by atoms with Gasteiger partial charge in [-0.3, -0.25) is 4.79 Å². The molecule has 1 aliphatic heterocycles. The molecular formula is C26H34N2O4. The van der Waals surface area contributed by atoms with Gasteiger partial charge in [-0.1, -0.05) is 60.7 Å². The minimum Gasteiger partial charge on any atom is -0.444 e. The smallest absolute Gasteiger partial charge is 0.408 e. The molecule has 1 saturated heterocycles. The third kappa shape index (κ3) is 6.82. The highest BCUT2D eigenvalue weighted by atomic mass is 16.6. The van der Waals surface area contributed by atoms with Crippen LogP contribution in [0.3, 0.4) is 0 Å². The van der Waals surface area contributed by atoms with E-state index in [0.717, 1.165) is 11.1 Å². The lowest BCUT2D eigenvalue weighted by molar-refractivity contribution is -0.135. The van der Waals surface area contributed by atoms with Crippen LogP contribution in [0.25, 0.3) is 0 Å². The van der Waals surface area contributed by atoms with Gasteiger partial charge >= 0.3 is 6.09 Å². The first-order valence-electron chi connectivity index (χ1n) is 11.3. The molecule has 0 bridgehead atoms. The Kier molecular flexibility index (Phi) is 7.91. The zero-order chi connectivity index (χ0) is 23.1. The molecule has 2 aromatic carbocycles. The Balaban J connectivity index is 1.64. The standard InChI is InChI=1S/C26H34N2O4/c1-26(2,3)32-25(31)27-22(18-19-10-6-4-7-11-19)24(30)28-16-14-21(15-17-28)23(29)20-12-8-5-9-13-20/h4-13,21-23,29H,14-18H2,1-3H3,(H,27,31). The number of rotatable bonds is 6. The van der Waals surface area contributed by atoms with E-state index in [1.165, 1.54) is 0 Å². The molecule has 1 heterocycles. The fourth-order valence-electron chi connectivity index (χ4n) is 4.08. The SMILES string of the molecule is CC(C)(C)OC(=O)NC(Cc1ccccc1)C(=O)N1CCC(C(O)c2ccccc2)CC1. The van der Waals surface area contributed by atoms with Crippen LogP contribution in [0.1, 0.15) is 50.8 Å². The molecule has 2 unspecified atom stereocenters. The summed E-state index contributed by atoms with van der Waals surface area (Å²) in [7, 11) is 0. The van der Waals surface area contributed by atoms with E-state index in [9.17, 15) is 14.7 Å². The molecule has 2 aromatic rings. The van der Waals surface area contributed by atoms with Crippen molar-refractivity contribution in [1.82, 2.24) is 10.2 Å². The highest BCUT2D eigenvalue weighted by Gasteiger charge is 2.33. The van der Waals surface area contributed by atoms with Crippen LogP contribution in [0.5, 0.6) is 0 Å². The van der Waals surface area contributed by atoms with E-state index in [1.54, 1.807) is 25.7 Å². The highest BCUT2D eigenvalue weighted by molar-refractivity contribution is 5.86. The third-order valence-corrected chi connectivity index (χ3v) is 5.71. The molecule has 2 amide bonds. The van der Waals surface area contributed by atoms with Crippen molar-refractivity contribution in [2.45, 2.75) is 57.8 Å². The van der Waals surface area contributed by atoms with Gasteiger partial charge < -0.3 is 20.1 Å². The van der Waals surface area contributed by atoms with Crippen molar-refractivity contribution in [3.05, 3.63) is 71.8 Å². The monoisotopic (exact) mass is 438 g/mol. The van der Waals surface area contributed by atoms with Crippen molar-refractivity contribution >= 4 is 12.0 Å². The fourth-order valence-corrected chi connectivity index (χ4v) is 4.08. The lowest BCUT2D eigenvalue weighted by Gasteiger charge is -2.36. The zero-order valence-corrected chi connectivity index (χ0v) is 19.2. The molecule has 2 atom stereocenters. The normalized spacial score (nSPS) is 16.8. The summed E-state index contributed by atoms with van der Waals surface area (Å²) in [5, 5.41) is 13.5. The Morgan fingerprint density at radius 3 is 2.16 bits per heavy atom. The number of benzene rings is 2. The molecular weight excluding hydrogens is 404 g/mol. The molecule has 0 aromatic heterocycles. The molecule has 1 aliphatic rings. The molecule has 0 aliphatic carbocycles. The minimum atomic E-state index is -0.706. The van der Waals surface area contributed by atoms with E-state index in [1.807, 2.05) is 60.7 Å². The van der Waals surface area contributed by atoms with Crippen LogP contribution in [0.2, 0.25) is 0 Å². The van der Waals surface area contributed by atoms with Gasteiger partial charge in [0, 0.05) is 19.5 Å². The molecule has 32 heavy (non-hydrogen) atoms. The second-order valence-corrected chi connectivity index (χ2v) is 9.41. The second-order valence-electron chi connectivity index (χ2n) is 9.41. The van der Waals surface area contributed by atoms with Gasteiger partial charge in [0.25, 0.3) is 0 Å². The first-order chi connectivity index (χ1) is 15.2. The Hall–Kier alpha value is -2.86. The van der Waals surface area contributed by atoms with Gasteiger partial charge in [-0.2, -0.15) is 0 Å². The molecule has 6 heteroatoms. The maximum atomic E-state index is 13.3. The molecule has 2 N–H and O–H groups in total. The third-order valence-electron chi connectivity index (χ3n) is 5.71. The van der Waals surface area contributed by atoms with Crippen molar-refractivity contribution in [2.75, 3.05) is 13.1 Å². The van der Waals surface area contributed by atoms with Crippen LogP contribution in [0.15, 0.2) is 60.7 Å². The number of nitrogens with zero attached hydrogens (tertiary/aromatic N) is 1. The zero-order valence-electron chi connectivity index (χ0n) is 19.2. The number of carbonyl (C=O) groups excluding carboxylic acids is 2. The van der Waals surface area contributed by atoms with Gasteiger partial charge in [-0.15, -0.1) is 0 Å². The Morgan fingerprint density at radius 2 is 1.59 bits per heavy atom. The predicted molar refractivity (Wildman–Crippen MR) is 124 cm³/mol. The van der Waals surface area contributed by atoms with Gasteiger partial charge in [0.05, 0.1) is 6.10 Å². The summed E-state index contributed by atoms with van der Waals surface area (Å²) in [6.45, 7) is 6.49. The summed E-state index contributed by atoms with van der Waals surface area (Å²) in [5.74, 6) is -0.0137. The van der Waals surface area contributed by atoms with Crippen molar-refractivity contribution < 1.29 is 19.4 Å². The summed E-state index contributed by atoms with van der Waals surface area (Å²) < 4.78 is 5.39. The van der Waals surface area contributed by atoms with Crippen molar-refractivity contribution in [1.29, 1.82) is 0 Å². The number of hydrogen-bond acceptors (Lipinski definition) is 4. The summed E-state index contributed by atoms with van der Waals surface area (Å²) in [6, 6.07) is 18.6. The number of alkyl carbamates (subject to hydrolysis) is 1. The largest absolute Gasteiger partial charge is 0.444 e. The summed E-state index contributed by atoms with van der Waals surface area (Å²) >= 11 is 0. The van der Waals surface area contributed by atoms with E-state index in [-0.39, 0.29) is 11.8 Å². The Labute approximate surface area is 190 Å². The number of likely N-dealkylation sites (tertiary alicyclic amines) is 1. The predicted octanol–water partition coefficient (Wildman–Crippen LogP) is 4.09. The lowest BCUT2D eigenvalue weighted by atomic mass is 9.87. The van der Waals surface area contributed by atoms with E-state index in [0.29, 0.717) is 32.4 Å². The molecule has 1 fully saturated rings. The number of amides is 2. The van der Waals surface area contributed by atoms with Crippen molar-refractivity contribution in [3.8, 4) is 0 Å². The van der Waals surface area contributed by atoms with Crippen LogP contribution < -0.4 is 5.32 Å². The van der Waals surface area contributed by atoms with Crippen molar-refractivity contribution in [3.63, 3.8) is 0 Å². The molecule has 172 valence electrons. The summed E-state index contributed by atoms with van der Waals surface area (Å²) in [4.78, 5) is 27.5. The van der Waals surface area contributed by atoms with Gasteiger partial charge in [-0.05, 0) is 50.7 Å². The maximum Gasteiger partial charge on any atom is 0.408 e. The number of piperidine rings is 1. The average molecular weight is 439 g/mol. The van der Waals surface area contributed by atoms with Crippen LogP contribution in [0, 0.1) is 5.92 Å². The summed E-state index contributed by atoms with van der Waals surface area (Å²) in [5.41, 5.74) is 1.23. The topological polar surface area (TPSA) is 78.9 Å².